The molecule has 0 saturated heterocycles. The van der Waals surface area contributed by atoms with Crippen molar-refractivity contribution in [2.24, 2.45) is 0 Å². The molecule has 0 unspecified atom stereocenters. The van der Waals surface area contributed by atoms with Crippen LogP contribution in [0.2, 0.25) is 0 Å². The largest absolute Gasteiger partial charge is 0.497 e. The maximum absolute atomic E-state index is 12.0. The van der Waals surface area contributed by atoms with Gasteiger partial charge in [0.15, 0.2) is 0 Å². The highest BCUT2D eigenvalue weighted by Crippen LogP contribution is 2.22. The van der Waals surface area contributed by atoms with Gasteiger partial charge in [-0.2, -0.15) is 0 Å². The summed E-state index contributed by atoms with van der Waals surface area (Å²) in [7, 11) is 1.62. The Labute approximate surface area is 156 Å². The molecule has 2 aromatic carbocycles. The van der Waals surface area contributed by atoms with Crippen molar-refractivity contribution in [2.45, 2.75) is 46.0 Å². The summed E-state index contributed by atoms with van der Waals surface area (Å²) in [5.41, 5.74) is 4.59. The van der Waals surface area contributed by atoms with Gasteiger partial charge in [-0.15, -0.1) is 0 Å². The summed E-state index contributed by atoms with van der Waals surface area (Å²) >= 11 is 0. The highest BCUT2D eigenvalue weighted by Gasteiger charge is 2.12. The van der Waals surface area contributed by atoms with Gasteiger partial charge in [0.2, 0.25) is 0 Å². The Morgan fingerprint density at radius 1 is 0.923 bits per heavy atom. The molecule has 26 heavy (non-hydrogen) atoms. The molecule has 0 N–H and O–H groups in total. The van der Waals surface area contributed by atoms with Crippen molar-refractivity contribution in [3.63, 3.8) is 0 Å². The molecular weight excluding hydrogens is 324 g/mol. The lowest BCUT2D eigenvalue weighted by Gasteiger charge is -2.19. The summed E-state index contributed by atoms with van der Waals surface area (Å²) in [6.45, 7) is 8.58. The maximum atomic E-state index is 12.0. The Hall–Kier alpha value is -2.55. The number of rotatable bonds is 6. The molecule has 0 atom stereocenters. The molecule has 0 aliphatic carbocycles. The minimum atomic E-state index is -0.266. The molecule has 0 bridgehead atoms. The van der Waals surface area contributed by atoms with Gasteiger partial charge in [-0.05, 0) is 53.2 Å². The van der Waals surface area contributed by atoms with E-state index in [2.05, 4.69) is 45.0 Å². The van der Waals surface area contributed by atoms with Gasteiger partial charge in [-0.3, -0.25) is 4.79 Å². The Morgan fingerprint density at radius 2 is 1.46 bits per heavy atom. The molecule has 3 heteroatoms. The van der Waals surface area contributed by atoms with E-state index in [1.807, 2.05) is 31.2 Å². The molecule has 0 saturated carbocycles. The number of esters is 1. The van der Waals surface area contributed by atoms with E-state index in [4.69, 9.17) is 9.47 Å². The van der Waals surface area contributed by atoms with Gasteiger partial charge in [-0.25, -0.2) is 0 Å². The zero-order valence-corrected chi connectivity index (χ0v) is 16.3. The predicted molar refractivity (Wildman–Crippen MR) is 105 cm³/mol. The summed E-state index contributed by atoms with van der Waals surface area (Å²) in [5, 5.41) is 0. The van der Waals surface area contributed by atoms with Crippen molar-refractivity contribution in [3.05, 3.63) is 77.1 Å². The van der Waals surface area contributed by atoms with Crippen LogP contribution in [0.15, 0.2) is 60.4 Å². The quantitative estimate of drug-likeness (QED) is 0.528. The first-order valence-corrected chi connectivity index (χ1v) is 8.85. The molecular formula is C23H28O3. The molecule has 0 radical (unpaired) electrons. The zero-order valence-electron chi connectivity index (χ0n) is 16.3. The van der Waals surface area contributed by atoms with Gasteiger partial charge in [0.05, 0.1) is 19.8 Å². The number of methoxy groups -OCH3 is 1. The smallest absolute Gasteiger partial charge is 0.315 e. The second-order valence-corrected chi connectivity index (χ2v) is 7.60. The second kappa shape index (κ2) is 8.70. The number of carbonyl (C=O) groups excluding carboxylic acids is 1. The van der Waals surface area contributed by atoms with Crippen molar-refractivity contribution < 1.29 is 14.3 Å². The van der Waals surface area contributed by atoms with Crippen molar-refractivity contribution in [1.29, 1.82) is 0 Å². The lowest BCUT2D eigenvalue weighted by Crippen LogP contribution is -2.10. The average molecular weight is 352 g/mol. The predicted octanol–water partition coefficient (Wildman–Crippen LogP) is 5.22. The lowest BCUT2D eigenvalue weighted by molar-refractivity contribution is -0.137. The molecule has 0 amide bonds. The lowest BCUT2D eigenvalue weighted by atomic mass is 9.86. The van der Waals surface area contributed by atoms with E-state index in [1.54, 1.807) is 13.4 Å². The Balaban J connectivity index is 1.87. The van der Waals surface area contributed by atoms with Crippen LogP contribution in [0, 0.1) is 0 Å². The van der Waals surface area contributed by atoms with E-state index in [9.17, 15) is 4.79 Å². The van der Waals surface area contributed by atoms with Crippen LogP contribution in [-0.4, -0.2) is 13.1 Å². The maximum Gasteiger partial charge on any atom is 0.315 e. The van der Waals surface area contributed by atoms with Crippen LogP contribution in [0.5, 0.6) is 5.75 Å². The first-order valence-electron chi connectivity index (χ1n) is 8.85. The zero-order chi connectivity index (χ0) is 19.2. The fourth-order valence-electron chi connectivity index (χ4n) is 2.60. The minimum Gasteiger partial charge on any atom is -0.497 e. The van der Waals surface area contributed by atoms with E-state index in [-0.39, 0.29) is 17.8 Å². The van der Waals surface area contributed by atoms with Crippen LogP contribution >= 0.6 is 0 Å². The van der Waals surface area contributed by atoms with Gasteiger partial charge < -0.3 is 9.47 Å². The summed E-state index contributed by atoms with van der Waals surface area (Å²) in [6, 6.07) is 16.0. The first kappa shape index (κ1) is 19.8. The van der Waals surface area contributed by atoms with Crippen molar-refractivity contribution in [3.8, 4) is 5.75 Å². The average Bonchev–Trinajstić information content (AvgIpc) is 2.60. The van der Waals surface area contributed by atoms with Crippen LogP contribution in [-0.2, 0) is 27.8 Å². The number of hydrogen-bond acceptors (Lipinski definition) is 3. The van der Waals surface area contributed by atoms with Crippen molar-refractivity contribution >= 4 is 5.97 Å². The van der Waals surface area contributed by atoms with Crippen molar-refractivity contribution in [2.75, 3.05) is 7.11 Å². The molecule has 138 valence electrons. The highest BCUT2D eigenvalue weighted by molar-refractivity contribution is 5.73. The first-order chi connectivity index (χ1) is 12.3. The SMILES string of the molecule is COc1ccc(CC(=O)OC=C(C)Cc2ccc(C(C)(C)C)cc2)cc1. The molecule has 0 spiro atoms. The number of ether oxygens (including phenoxy) is 2. The van der Waals surface area contributed by atoms with Crippen LogP contribution in [0.3, 0.4) is 0 Å². The summed E-state index contributed by atoms with van der Waals surface area (Å²) in [4.78, 5) is 12.0. The molecule has 2 rings (SSSR count). The van der Waals surface area contributed by atoms with E-state index in [0.717, 1.165) is 23.3 Å². The van der Waals surface area contributed by atoms with E-state index < -0.39 is 0 Å². The van der Waals surface area contributed by atoms with Gasteiger partial charge in [-0.1, -0.05) is 57.2 Å². The standard InChI is InChI=1S/C23H28O3/c1-17(14-18-6-10-20(11-7-18)23(2,3)4)16-26-22(24)15-19-8-12-21(25-5)13-9-19/h6-13,16H,14-15H2,1-5H3. The topological polar surface area (TPSA) is 35.5 Å². The van der Waals surface area contributed by atoms with Crippen LogP contribution in [0.1, 0.15) is 44.4 Å². The highest BCUT2D eigenvalue weighted by atomic mass is 16.5. The minimum absolute atomic E-state index is 0.153. The Bertz CT molecular complexity index is 748. The molecule has 2 aromatic rings. The third kappa shape index (κ3) is 6.07. The van der Waals surface area contributed by atoms with E-state index in [1.165, 1.54) is 11.1 Å². The molecule has 0 aromatic heterocycles. The summed E-state index contributed by atoms with van der Waals surface area (Å²) in [5.74, 6) is 0.507. The fraction of sp³-hybridized carbons (Fsp3) is 0.348. The van der Waals surface area contributed by atoms with Crippen molar-refractivity contribution in [1.82, 2.24) is 0 Å². The number of hydrogen-bond donors (Lipinski definition) is 0. The molecule has 0 aliphatic heterocycles. The molecule has 0 fully saturated rings. The van der Waals surface area contributed by atoms with Gasteiger partial charge in [0.1, 0.15) is 5.75 Å². The Kier molecular flexibility index (Phi) is 6.62. The fourth-order valence-corrected chi connectivity index (χ4v) is 2.60. The third-order valence-electron chi connectivity index (χ3n) is 4.20. The monoisotopic (exact) mass is 352 g/mol. The van der Waals surface area contributed by atoms with Gasteiger partial charge in [0, 0.05) is 0 Å². The summed E-state index contributed by atoms with van der Waals surface area (Å²) < 4.78 is 10.4. The number of allylic oxidation sites excluding steroid dienone is 1. The number of carbonyl (C=O) groups is 1. The molecule has 0 heterocycles. The normalized spacial score (nSPS) is 12.0. The van der Waals surface area contributed by atoms with E-state index in [0.29, 0.717) is 0 Å². The van der Waals surface area contributed by atoms with Crippen LogP contribution < -0.4 is 4.74 Å². The van der Waals surface area contributed by atoms with Gasteiger partial charge >= 0.3 is 5.97 Å². The Morgan fingerprint density at radius 3 is 2.00 bits per heavy atom. The second-order valence-electron chi connectivity index (χ2n) is 7.60. The molecule has 0 aliphatic rings. The number of benzene rings is 2. The van der Waals surface area contributed by atoms with E-state index >= 15 is 0 Å². The van der Waals surface area contributed by atoms with Crippen LogP contribution in [0.4, 0.5) is 0 Å². The third-order valence-corrected chi connectivity index (χ3v) is 4.20. The van der Waals surface area contributed by atoms with Gasteiger partial charge in [0.25, 0.3) is 0 Å². The summed E-state index contributed by atoms with van der Waals surface area (Å²) in [6.07, 6.45) is 2.57. The molecule has 3 nitrogen and oxygen atoms in total. The van der Waals surface area contributed by atoms with Crippen LogP contribution in [0.25, 0.3) is 0 Å².